The van der Waals surface area contributed by atoms with Crippen LogP contribution in [0.4, 0.5) is 8.78 Å². The molecule has 0 amide bonds. The van der Waals surface area contributed by atoms with Gasteiger partial charge in [-0.05, 0) is 18.7 Å². The van der Waals surface area contributed by atoms with Gasteiger partial charge in [-0.15, -0.1) is 0 Å². The smallest absolute Gasteiger partial charge is 0.126 e. The van der Waals surface area contributed by atoms with Crippen LogP contribution in [0.2, 0.25) is 0 Å². The van der Waals surface area contributed by atoms with Gasteiger partial charge in [-0.1, -0.05) is 18.2 Å². The molecule has 0 fully saturated rings. The van der Waals surface area contributed by atoms with Crippen molar-refractivity contribution in [2.75, 3.05) is 13.6 Å². The maximum atomic E-state index is 13.0. The van der Waals surface area contributed by atoms with Crippen molar-refractivity contribution in [1.29, 1.82) is 0 Å². The van der Waals surface area contributed by atoms with Crippen molar-refractivity contribution in [3.63, 3.8) is 0 Å². The highest BCUT2D eigenvalue weighted by molar-refractivity contribution is 5.18. The zero-order chi connectivity index (χ0) is 9.68. The van der Waals surface area contributed by atoms with Crippen molar-refractivity contribution in [3.05, 3.63) is 35.6 Å². The Labute approximate surface area is 76.8 Å². The van der Waals surface area contributed by atoms with Crippen LogP contribution in [-0.2, 0) is 6.42 Å². The van der Waals surface area contributed by atoms with Crippen LogP contribution in [0.15, 0.2) is 24.3 Å². The first-order valence-corrected chi connectivity index (χ1v) is 4.26. The van der Waals surface area contributed by atoms with E-state index in [0.29, 0.717) is 5.56 Å². The van der Waals surface area contributed by atoms with Crippen molar-refractivity contribution in [3.8, 4) is 0 Å². The first kappa shape index (κ1) is 10.1. The van der Waals surface area contributed by atoms with E-state index in [-0.39, 0.29) is 18.8 Å². The van der Waals surface area contributed by atoms with Gasteiger partial charge in [0.1, 0.15) is 12.0 Å². The van der Waals surface area contributed by atoms with E-state index in [0.717, 1.165) is 0 Å². The second-order valence-corrected chi connectivity index (χ2v) is 2.95. The molecule has 0 saturated heterocycles. The Morgan fingerprint density at radius 3 is 2.69 bits per heavy atom. The van der Waals surface area contributed by atoms with Gasteiger partial charge in [0.25, 0.3) is 0 Å². The number of hydrogen-bond acceptors (Lipinski definition) is 1. The highest BCUT2D eigenvalue weighted by Gasteiger charge is 2.09. The average Bonchev–Trinajstić information content (AvgIpc) is 2.09. The van der Waals surface area contributed by atoms with Crippen molar-refractivity contribution in [1.82, 2.24) is 5.32 Å². The molecule has 0 aromatic heterocycles. The summed E-state index contributed by atoms with van der Waals surface area (Å²) in [5.74, 6) is -0.332. The Bertz CT molecular complexity index is 263. The molecule has 72 valence electrons. The van der Waals surface area contributed by atoms with Gasteiger partial charge < -0.3 is 5.32 Å². The van der Waals surface area contributed by atoms with Gasteiger partial charge >= 0.3 is 0 Å². The van der Waals surface area contributed by atoms with Gasteiger partial charge in [-0.25, -0.2) is 8.78 Å². The molecule has 1 aromatic rings. The molecule has 13 heavy (non-hydrogen) atoms. The third kappa shape index (κ3) is 3.11. The lowest BCUT2D eigenvalue weighted by Gasteiger charge is -2.07. The molecule has 3 heteroatoms. The fourth-order valence-electron chi connectivity index (χ4n) is 1.20. The summed E-state index contributed by atoms with van der Waals surface area (Å²) < 4.78 is 26.0. The second-order valence-electron chi connectivity index (χ2n) is 2.95. The third-order valence-corrected chi connectivity index (χ3v) is 1.82. The molecule has 0 radical (unpaired) electrons. The zero-order valence-corrected chi connectivity index (χ0v) is 7.56. The molecular formula is C10H13F2N. The summed E-state index contributed by atoms with van der Waals surface area (Å²) in [5, 5.41) is 2.71. The Balaban J connectivity index is 2.58. The normalized spacial score (nSPS) is 12.8. The van der Waals surface area contributed by atoms with Crippen molar-refractivity contribution in [2.24, 2.45) is 0 Å². The number of rotatable bonds is 4. The molecule has 0 saturated carbocycles. The average molecular weight is 185 g/mol. The Morgan fingerprint density at radius 2 is 2.08 bits per heavy atom. The van der Waals surface area contributed by atoms with Crippen LogP contribution in [0.25, 0.3) is 0 Å². The standard InChI is InChI=1S/C10H13F2N/c1-13-7-9(11)6-8-4-2-3-5-10(8)12/h2-5,9,13H,6-7H2,1H3. The lowest BCUT2D eigenvalue weighted by atomic mass is 10.1. The topological polar surface area (TPSA) is 12.0 Å². The molecular weight excluding hydrogens is 172 g/mol. The fourth-order valence-corrected chi connectivity index (χ4v) is 1.20. The second kappa shape index (κ2) is 4.92. The number of benzene rings is 1. The fraction of sp³-hybridized carbons (Fsp3) is 0.400. The summed E-state index contributed by atoms with van der Waals surface area (Å²) >= 11 is 0. The third-order valence-electron chi connectivity index (χ3n) is 1.82. The first-order valence-electron chi connectivity index (χ1n) is 4.26. The molecule has 1 atom stereocenters. The molecule has 0 aliphatic heterocycles. The number of halogens is 2. The minimum absolute atomic E-state index is 0.132. The summed E-state index contributed by atoms with van der Waals surface area (Å²) in [7, 11) is 1.67. The van der Waals surface area contributed by atoms with Crippen LogP contribution in [0.1, 0.15) is 5.56 Å². The Hall–Kier alpha value is -0.960. The number of alkyl halides is 1. The van der Waals surface area contributed by atoms with Crippen LogP contribution >= 0.6 is 0 Å². The highest BCUT2D eigenvalue weighted by Crippen LogP contribution is 2.10. The molecule has 0 heterocycles. The van der Waals surface area contributed by atoms with E-state index in [1.165, 1.54) is 6.07 Å². The van der Waals surface area contributed by atoms with E-state index >= 15 is 0 Å². The molecule has 0 aliphatic rings. The van der Waals surface area contributed by atoms with Crippen LogP contribution in [0, 0.1) is 5.82 Å². The molecule has 1 aromatic carbocycles. The van der Waals surface area contributed by atoms with E-state index in [4.69, 9.17) is 0 Å². The zero-order valence-electron chi connectivity index (χ0n) is 7.56. The van der Waals surface area contributed by atoms with Crippen LogP contribution in [0.3, 0.4) is 0 Å². The SMILES string of the molecule is CNCC(F)Cc1ccccc1F. The quantitative estimate of drug-likeness (QED) is 0.755. The molecule has 1 unspecified atom stereocenters. The predicted molar refractivity (Wildman–Crippen MR) is 48.9 cm³/mol. The highest BCUT2D eigenvalue weighted by atomic mass is 19.1. The molecule has 0 spiro atoms. The lowest BCUT2D eigenvalue weighted by Crippen LogP contribution is -2.22. The van der Waals surface area contributed by atoms with E-state index in [1.807, 2.05) is 0 Å². The van der Waals surface area contributed by atoms with Crippen molar-refractivity contribution in [2.45, 2.75) is 12.6 Å². The van der Waals surface area contributed by atoms with Crippen molar-refractivity contribution >= 4 is 0 Å². The Kier molecular flexibility index (Phi) is 3.83. The molecule has 1 nitrogen and oxygen atoms in total. The van der Waals surface area contributed by atoms with E-state index in [2.05, 4.69) is 5.32 Å². The van der Waals surface area contributed by atoms with E-state index < -0.39 is 6.17 Å². The van der Waals surface area contributed by atoms with Gasteiger partial charge in [0.05, 0.1) is 0 Å². The van der Waals surface area contributed by atoms with Crippen molar-refractivity contribution < 1.29 is 8.78 Å². The van der Waals surface area contributed by atoms with E-state index in [1.54, 1.807) is 25.2 Å². The summed E-state index contributed by atoms with van der Waals surface area (Å²) in [4.78, 5) is 0. The number of nitrogens with one attached hydrogen (secondary N) is 1. The summed E-state index contributed by atoms with van der Waals surface area (Å²) in [6, 6.07) is 6.27. The molecule has 1 N–H and O–H groups in total. The van der Waals surface area contributed by atoms with Gasteiger partial charge in [-0.2, -0.15) is 0 Å². The van der Waals surface area contributed by atoms with Crippen LogP contribution in [-0.4, -0.2) is 19.8 Å². The molecule has 0 bridgehead atoms. The Morgan fingerprint density at radius 1 is 1.38 bits per heavy atom. The van der Waals surface area contributed by atoms with Crippen LogP contribution < -0.4 is 5.32 Å². The first-order chi connectivity index (χ1) is 6.24. The maximum Gasteiger partial charge on any atom is 0.126 e. The molecule has 1 rings (SSSR count). The van der Waals surface area contributed by atoms with E-state index in [9.17, 15) is 8.78 Å². The summed E-state index contributed by atoms with van der Waals surface area (Å²) in [6.07, 6.45) is -0.894. The van der Waals surface area contributed by atoms with Gasteiger partial charge in [0, 0.05) is 13.0 Å². The summed E-state index contributed by atoms with van der Waals surface area (Å²) in [6.45, 7) is 0.258. The maximum absolute atomic E-state index is 13.0. The number of hydrogen-bond donors (Lipinski definition) is 1. The summed E-state index contributed by atoms with van der Waals surface area (Å²) in [5.41, 5.74) is 0.435. The molecule has 0 aliphatic carbocycles. The van der Waals surface area contributed by atoms with Gasteiger partial charge in [0.2, 0.25) is 0 Å². The largest absolute Gasteiger partial charge is 0.317 e. The van der Waals surface area contributed by atoms with Gasteiger partial charge in [-0.3, -0.25) is 0 Å². The minimum atomic E-state index is -1.03. The predicted octanol–water partition coefficient (Wildman–Crippen LogP) is 1.93. The van der Waals surface area contributed by atoms with Crippen LogP contribution in [0.5, 0.6) is 0 Å². The monoisotopic (exact) mass is 185 g/mol. The minimum Gasteiger partial charge on any atom is -0.317 e. The van der Waals surface area contributed by atoms with Gasteiger partial charge in [0.15, 0.2) is 0 Å². The lowest BCUT2D eigenvalue weighted by molar-refractivity contribution is 0.321.